The van der Waals surface area contributed by atoms with Crippen LogP contribution in [0, 0.1) is 0 Å². The molecule has 0 saturated heterocycles. The maximum Gasteiger partial charge on any atom is 0.332 e. The van der Waals surface area contributed by atoms with Crippen molar-refractivity contribution in [3.8, 4) is 0 Å². The van der Waals surface area contributed by atoms with E-state index in [1.54, 1.807) is 6.92 Å². The number of nitrogens with one attached hydrogen (secondary N) is 1. The van der Waals surface area contributed by atoms with Crippen LogP contribution in [0.5, 0.6) is 0 Å². The molecule has 0 fully saturated rings. The third-order valence-electron chi connectivity index (χ3n) is 2.50. The van der Waals surface area contributed by atoms with Crippen LogP contribution in [-0.4, -0.2) is 57.9 Å². The van der Waals surface area contributed by atoms with Crippen LogP contribution in [0.15, 0.2) is 0 Å². The molecule has 0 aromatic heterocycles. The van der Waals surface area contributed by atoms with E-state index in [9.17, 15) is 22.8 Å². The number of esters is 2. The van der Waals surface area contributed by atoms with Crippen LogP contribution in [0.4, 0.5) is 0 Å². The van der Waals surface area contributed by atoms with Crippen molar-refractivity contribution in [2.75, 3.05) is 19.5 Å². The number of amides is 1. The molecule has 0 heterocycles. The molecule has 1 amide bonds. The molecule has 0 rings (SSSR count). The maximum atomic E-state index is 11.7. The summed E-state index contributed by atoms with van der Waals surface area (Å²) in [5, 5.41) is 2.32. The van der Waals surface area contributed by atoms with Gasteiger partial charge in [-0.3, -0.25) is 13.8 Å². The monoisotopic (exact) mass is 339 g/mol. The van der Waals surface area contributed by atoms with Gasteiger partial charge in [0.1, 0.15) is 6.10 Å². The standard InChI is InChI=1S/C12H21NO8S/c1-5-20-12(16)11(13-9(3)14)8(2)21-10(15)6-7-22(17,18)19-4/h8,11H,5-7H2,1-4H3,(H,13,14). The van der Waals surface area contributed by atoms with Crippen molar-refractivity contribution in [1.29, 1.82) is 0 Å². The topological polar surface area (TPSA) is 125 Å². The smallest absolute Gasteiger partial charge is 0.332 e. The van der Waals surface area contributed by atoms with Crippen LogP contribution in [0.25, 0.3) is 0 Å². The zero-order chi connectivity index (χ0) is 17.3. The van der Waals surface area contributed by atoms with Crippen molar-refractivity contribution in [2.24, 2.45) is 0 Å². The minimum atomic E-state index is -3.78. The molecule has 9 nitrogen and oxygen atoms in total. The number of ether oxygens (including phenoxy) is 2. The van der Waals surface area contributed by atoms with Gasteiger partial charge in [-0.1, -0.05) is 0 Å². The average molecular weight is 339 g/mol. The van der Waals surface area contributed by atoms with Crippen LogP contribution in [0.3, 0.4) is 0 Å². The lowest BCUT2D eigenvalue weighted by atomic mass is 10.2. The van der Waals surface area contributed by atoms with E-state index in [4.69, 9.17) is 9.47 Å². The van der Waals surface area contributed by atoms with Gasteiger partial charge in [0.2, 0.25) is 5.91 Å². The van der Waals surface area contributed by atoms with Gasteiger partial charge in [-0.25, -0.2) is 4.79 Å². The van der Waals surface area contributed by atoms with Gasteiger partial charge in [0.25, 0.3) is 10.1 Å². The van der Waals surface area contributed by atoms with Gasteiger partial charge in [0.05, 0.1) is 25.9 Å². The Morgan fingerprint density at radius 3 is 2.27 bits per heavy atom. The Bertz CT molecular complexity index is 501. The third-order valence-corrected chi connectivity index (χ3v) is 3.71. The highest BCUT2D eigenvalue weighted by molar-refractivity contribution is 7.86. The van der Waals surface area contributed by atoms with Crippen molar-refractivity contribution in [1.82, 2.24) is 5.32 Å². The van der Waals surface area contributed by atoms with E-state index < -0.39 is 52.3 Å². The molecule has 0 bridgehead atoms. The summed E-state index contributed by atoms with van der Waals surface area (Å²) in [7, 11) is -2.79. The largest absolute Gasteiger partial charge is 0.464 e. The van der Waals surface area contributed by atoms with Crippen LogP contribution >= 0.6 is 0 Å². The van der Waals surface area contributed by atoms with Crippen molar-refractivity contribution in [3.63, 3.8) is 0 Å². The molecule has 0 saturated carbocycles. The van der Waals surface area contributed by atoms with Crippen LogP contribution in [-0.2, 0) is 38.2 Å². The Balaban J connectivity index is 4.67. The van der Waals surface area contributed by atoms with E-state index in [1.165, 1.54) is 13.8 Å². The van der Waals surface area contributed by atoms with Crippen LogP contribution in [0.2, 0.25) is 0 Å². The number of carbonyl (C=O) groups is 3. The molecule has 128 valence electrons. The number of carbonyl (C=O) groups excluding carboxylic acids is 3. The fraction of sp³-hybridized carbons (Fsp3) is 0.750. The lowest BCUT2D eigenvalue weighted by Crippen LogP contribution is -2.49. The highest BCUT2D eigenvalue weighted by Crippen LogP contribution is 2.05. The molecule has 0 aliphatic heterocycles. The maximum absolute atomic E-state index is 11.7. The molecule has 0 aliphatic rings. The second-order valence-electron chi connectivity index (χ2n) is 4.30. The summed E-state index contributed by atoms with van der Waals surface area (Å²) in [4.78, 5) is 34.4. The molecule has 0 spiro atoms. The van der Waals surface area contributed by atoms with E-state index in [1.807, 2.05) is 0 Å². The average Bonchev–Trinajstić information content (AvgIpc) is 2.42. The SMILES string of the molecule is CCOC(=O)C(NC(C)=O)C(C)OC(=O)CCS(=O)(=O)OC. The van der Waals surface area contributed by atoms with Gasteiger partial charge in [-0.2, -0.15) is 8.42 Å². The van der Waals surface area contributed by atoms with E-state index in [0.717, 1.165) is 7.11 Å². The second kappa shape index (κ2) is 9.36. The van der Waals surface area contributed by atoms with Crippen LogP contribution < -0.4 is 5.32 Å². The Morgan fingerprint density at radius 2 is 1.82 bits per heavy atom. The molecule has 2 atom stereocenters. The molecule has 0 aromatic carbocycles. The zero-order valence-corrected chi connectivity index (χ0v) is 13.8. The molecule has 0 aromatic rings. The number of hydrogen-bond donors (Lipinski definition) is 1. The van der Waals surface area contributed by atoms with Gasteiger partial charge in [-0.05, 0) is 13.8 Å². The normalized spacial score (nSPS) is 13.8. The molecule has 0 aliphatic carbocycles. The van der Waals surface area contributed by atoms with Gasteiger partial charge >= 0.3 is 11.9 Å². The van der Waals surface area contributed by atoms with E-state index in [-0.39, 0.29) is 6.61 Å². The zero-order valence-electron chi connectivity index (χ0n) is 13.0. The summed E-state index contributed by atoms with van der Waals surface area (Å²) < 4.78 is 36.1. The fourth-order valence-electron chi connectivity index (χ4n) is 1.44. The Labute approximate surface area is 129 Å². The highest BCUT2D eigenvalue weighted by Gasteiger charge is 2.30. The van der Waals surface area contributed by atoms with E-state index in [2.05, 4.69) is 9.50 Å². The van der Waals surface area contributed by atoms with Crippen LogP contribution in [0.1, 0.15) is 27.2 Å². The second-order valence-corrected chi connectivity index (χ2v) is 6.16. The summed E-state index contributed by atoms with van der Waals surface area (Å²) in [6.07, 6.45) is -1.45. The summed E-state index contributed by atoms with van der Waals surface area (Å²) in [6.45, 7) is 4.28. The first-order chi connectivity index (χ1) is 10.1. The van der Waals surface area contributed by atoms with Crippen molar-refractivity contribution in [2.45, 2.75) is 39.3 Å². The summed E-state index contributed by atoms with van der Waals surface area (Å²) in [5.41, 5.74) is 0. The first-order valence-electron chi connectivity index (χ1n) is 6.54. The molecular weight excluding hydrogens is 318 g/mol. The predicted octanol–water partition coefficient (Wildman–Crippen LogP) is -0.648. The Morgan fingerprint density at radius 1 is 1.23 bits per heavy atom. The molecular formula is C12H21NO8S. The summed E-state index contributed by atoms with van der Waals surface area (Å²) in [5.74, 6) is -2.63. The molecule has 0 radical (unpaired) electrons. The quantitative estimate of drug-likeness (QED) is 0.434. The molecule has 22 heavy (non-hydrogen) atoms. The molecule has 2 unspecified atom stereocenters. The lowest BCUT2D eigenvalue weighted by Gasteiger charge is -2.22. The predicted molar refractivity (Wildman–Crippen MR) is 75.2 cm³/mol. The minimum Gasteiger partial charge on any atom is -0.464 e. The molecule has 1 N–H and O–H groups in total. The van der Waals surface area contributed by atoms with Gasteiger partial charge < -0.3 is 14.8 Å². The summed E-state index contributed by atoms with van der Waals surface area (Å²) >= 11 is 0. The minimum absolute atomic E-state index is 0.0989. The fourth-order valence-corrected chi connectivity index (χ4v) is 2.03. The van der Waals surface area contributed by atoms with Gasteiger partial charge in [0.15, 0.2) is 6.04 Å². The van der Waals surface area contributed by atoms with E-state index in [0.29, 0.717) is 0 Å². The van der Waals surface area contributed by atoms with Crippen molar-refractivity contribution < 1.29 is 36.5 Å². The van der Waals surface area contributed by atoms with Gasteiger partial charge in [0, 0.05) is 6.92 Å². The first kappa shape index (κ1) is 20.3. The van der Waals surface area contributed by atoms with Gasteiger partial charge in [-0.15, -0.1) is 0 Å². The molecule has 10 heteroatoms. The highest BCUT2D eigenvalue weighted by atomic mass is 32.2. The summed E-state index contributed by atoms with van der Waals surface area (Å²) in [6, 6.07) is -1.17. The Hall–Kier alpha value is -1.68. The third kappa shape index (κ3) is 7.93. The van der Waals surface area contributed by atoms with Crippen molar-refractivity contribution >= 4 is 28.0 Å². The lowest BCUT2D eigenvalue weighted by molar-refractivity contribution is -0.158. The van der Waals surface area contributed by atoms with E-state index >= 15 is 0 Å². The number of hydrogen-bond acceptors (Lipinski definition) is 8. The Kier molecular flexibility index (Phi) is 8.65. The van der Waals surface area contributed by atoms with Crippen molar-refractivity contribution in [3.05, 3.63) is 0 Å². The number of rotatable bonds is 9. The first-order valence-corrected chi connectivity index (χ1v) is 8.12.